The summed E-state index contributed by atoms with van der Waals surface area (Å²) in [5, 5.41) is 3.36. The van der Waals surface area contributed by atoms with Crippen LogP contribution >= 0.6 is 0 Å². The lowest BCUT2D eigenvalue weighted by atomic mass is 9.83. The Labute approximate surface area is 77.2 Å². The van der Waals surface area contributed by atoms with Crippen molar-refractivity contribution in [3.05, 3.63) is 12.2 Å². The molecule has 0 amide bonds. The molecule has 0 aromatic rings. The molecule has 0 saturated carbocycles. The molecule has 0 fully saturated rings. The van der Waals surface area contributed by atoms with E-state index in [2.05, 4.69) is 39.6 Å². The first-order valence-corrected chi connectivity index (χ1v) is 4.69. The summed E-state index contributed by atoms with van der Waals surface area (Å²) in [7, 11) is 2.04. The van der Waals surface area contributed by atoms with Crippen LogP contribution in [0.1, 0.15) is 40.5 Å². The van der Waals surface area contributed by atoms with Gasteiger partial charge in [0.25, 0.3) is 0 Å². The van der Waals surface area contributed by atoms with Crippen molar-refractivity contribution in [1.82, 2.24) is 5.32 Å². The summed E-state index contributed by atoms with van der Waals surface area (Å²) in [5.41, 5.74) is 1.63. The van der Waals surface area contributed by atoms with E-state index in [4.69, 9.17) is 0 Å². The molecule has 12 heavy (non-hydrogen) atoms. The molecule has 0 aliphatic heterocycles. The van der Waals surface area contributed by atoms with Crippen molar-refractivity contribution < 1.29 is 0 Å². The molecule has 0 saturated heterocycles. The highest BCUT2D eigenvalue weighted by atomic mass is 14.9. The van der Waals surface area contributed by atoms with Crippen LogP contribution in [0.2, 0.25) is 0 Å². The number of hydrogen-bond acceptors (Lipinski definition) is 1. The van der Waals surface area contributed by atoms with Gasteiger partial charge < -0.3 is 5.32 Å². The van der Waals surface area contributed by atoms with Crippen molar-refractivity contribution in [2.75, 3.05) is 7.05 Å². The zero-order valence-corrected chi connectivity index (χ0v) is 9.20. The maximum Gasteiger partial charge on any atom is 0.0116 e. The second kappa shape index (κ2) is 4.66. The van der Waals surface area contributed by atoms with Gasteiger partial charge in [-0.05, 0) is 32.2 Å². The Kier molecular flexibility index (Phi) is 4.54. The summed E-state index contributed by atoms with van der Waals surface area (Å²) >= 11 is 0. The van der Waals surface area contributed by atoms with E-state index in [0.717, 1.165) is 6.42 Å². The number of nitrogens with one attached hydrogen (secondary N) is 1. The molecule has 0 radical (unpaired) electrons. The van der Waals surface area contributed by atoms with Gasteiger partial charge in [0.15, 0.2) is 0 Å². The minimum atomic E-state index is 0.351. The fourth-order valence-corrected chi connectivity index (χ4v) is 1.40. The molecule has 1 unspecified atom stereocenters. The van der Waals surface area contributed by atoms with Crippen LogP contribution in [0, 0.1) is 5.41 Å². The van der Waals surface area contributed by atoms with Crippen molar-refractivity contribution in [2.45, 2.75) is 46.6 Å². The first-order chi connectivity index (χ1) is 5.38. The maximum absolute atomic E-state index is 3.92. The number of allylic oxidation sites excluding steroid dienone is 1. The zero-order chi connectivity index (χ0) is 9.78. The Morgan fingerprint density at radius 2 is 1.92 bits per heavy atom. The van der Waals surface area contributed by atoms with Crippen LogP contribution in [-0.2, 0) is 0 Å². The zero-order valence-electron chi connectivity index (χ0n) is 9.20. The van der Waals surface area contributed by atoms with Crippen molar-refractivity contribution in [3.63, 3.8) is 0 Å². The summed E-state index contributed by atoms with van der Waals surface area (Å²) in [4.78, 5) is 0. The monoisotopic (exact) mass is 169 g/mol. The fourth-order valence-electron chi connectivity index (χ4n) is 1.40. The Bertz CT molecular complexity index is 142. The predicted molar refractivity (Wildman–Crippen MR) is 56.4 cm³/mol. The summed E-state index contributed by atoms with van der Waals surface area (Å²) in [6, 6.07) is 0.592. The third kappa shape index (κ3) is 4.55. The van der Waals surface area contributed by atoms with E-state index < -0.39 is 0 Å². The topological polar surface area (TPSA) is 12.0 Å². The van der Waals surface area contributed by atoms with Crippen LogP contribution in [0.5, 0.6) is 0 Å². The van der Waals surface area contributed by atoms with Crippen LogP contribution < -0.4 is 5.32 Å². The molecule has 0 aromatic carbocycles. The van der Waals surface area contributed by atoms with Gasteiger partial charge in [0.2, 0.25) is 0 Å². The number of rotatable bonds is 4. The Hall–Kier alpha value is -0.300. The van der Waals surface area contributed by atoms with Crippen molar-refractivity contribution in [2.24, 2.45) is 5.41 Å². The number of hydrogen-bond donors (Lipinski definition) is 1. The molecule has 0 aliphatic rings. The summed E-state index contributed by atoms with van der Waals surface area (Å²) in [5.74, 6) is 0. The molecule has 72 valence electrons. The van der Waals surface area contributed by atoms with E-state index in [9.17, 15) is 0 Å². The second-order valence-electron chi connectivity index (χ2n) is 4.70. The standard InChI is InChI=1S/C11H23N/c1-9(2)7-8-10(12-6)11(3,4)5/h10,12H,1,7-8H2,2-6H3. The van der Waals surface area contributed by atoms with Crippen molar-refractivity contribution >= 4 is 0 Å². The SMILES string of the molecule is C=C(C)CCC(NC)C(C)(C)C. The highest BCUT2D eigenvalue weighted by Crippen LogP contribution is 2.23. The van der Waals surface area contributed by atoms with E-state index in [0.29, 0.717) is 11.5 Å². The first-order valence-electron chi connectivity index (χ1n) is 4.69. The predicted octanol–water partition coefficient (Wildman–Crippen LogP) is 2.98. The van der Waals surface area contributed by atoms with Crippen molar-refractivity contribution in [1.29, 1.82) is 0 Å². The van der Waals surface area contributed by atoms with E-state index in [1.165, 1.54) is 12.0 Å². The van der Waals surface area contributed by atoms with Crippen LogP contribution in [0.15, 0.2) is 12.2 Å². The molecule has 1 heteroatoms. The Morgan fingerprint density at radius 3 is 2.17 bits per heavy atom. The van der Waals surface area contributed by atoms with Crippen LogP contribution in [0.25, 0.3) is 0 Å². The fraction of sp³-hybridized carbons (Fsp3) is 0.818. The molecule has 1 atom stereocenters. The van der Waals surface area contributed by atoms with Gasteiger partial charge in [0.05, 0.1) is 0 Å². The maximum atomic E-state index is 3.92. The van der Waals surface area contributed by atoms with Crippen LogP contribution in [0.4, 0.5) is 0 Å². The van der Waals surface area contributed by atoms with Crippen LogP contribution in [-0.4, -0.2) is 13.1 Å². The van der Waals surface area contributed by atoms with Gasteiger partial charge in [-0.2, -0.15) is 0 Å². The molecule has 0 aliphatic carbocycles. The molecule has 0 aromatic heterocycles. The minimum Gasteiger partial charge on any atom is -0.316 e. The van der Waals surface area contributed by atoms with E-state index >= 15 is 0 Å². The van der Waals surface area contributed by atoms with Gasteiger partial charge >= 0.3 is 0 Å². The summed E-state index contributed by atoms with van der Waals surface area (Å²) in [6.07, 6.45) is 2.32. The molecular formula is C11H23N. The lowest BCUT2D eigenvalue weighted by molar-refractivity contribution is 0.268. The molecule has 0 spiro atoms. The third-order valence-corrected chi connectivity index (χ3v) is 2.25. The van der Waals surface area contributed by atoms with E-state index in [-0.39, 0.29) is 0 Å². The Balaban J connectivity index is 3.92. The average Bonchev–Trinajstić information content (AvgIpc) is 1.85. The summed E-state index contributed by atoms with van der Waals surface area (Å²) in [6.45, 7) is 12.8. The van der Waals surface area contributed by atoms with Gasteiger partial charge in [-0.3, -0.25) is 0 Å². The van der Waals surface area contributed by atoms with Gasteiger partial charge in [0.1, 0.15) is 0 Å². The van der Waals surface area contributed by atoms with Gasteiger partial charge in [-0.25, -0.2) is 0 Å². The minimum absolute atomic E-state index is 0.351. The van der Waals surface area contributed by atoms with Crippen LogP contribution in [0.3, 0.4) is 0 Å². The normalized spacial score (nSPS) is 14.4. The van der Waals surface area contributed by atoms with Gasteiger partial charge in [-0.1, -0.05) is 26.3 Å². The highest BCUT2D eigenvalue weighted by molar-refractivity contribution is 4.91. The van der Waals surface area contributed by atoms with E-state index in [1.807, 2.05) is 7.05 Å². The molecular weight excluding hydrogens is 146 g/mol. The first kappa shape index (κ1) is 11.7. The molecule has 1 nitrogen and oxygen atoms in total. The van der Waals surface area contributed by atoms with Gasteiger partial charge in [-0.15, -0.1) is 6.58 Å². The Morgan fingerprint density at radius 1 is 1.42 bits per heavy atom. The molecule has 0 rings (SSSR count). The molecule has 0 heterocycles. The highest BCUT2D eigenvalue weighted by Gasteiger charge is 2.21. The average molecular weight is 169 g/mol. The largest absolute Gasteiger partial charge is 0.316 e. The second-order valence-corrected chi connectivity index (χ2v) is 4.70. The molecule has 0 bridgehead atoms. The third-order valence-electron chi connectivity index (χ3n) is 2.25. The lowest BCUT2D eigenvalue weighted by Crippen LogP contribution is -2.37. The molecule has 1 N–H and O–H groups in total. The van der Waals surface area contributed by atoms with E-state index in [1.54, 1.807) is 0 Å². The lowest BCUT2D eigenvalue weighted by Gasteiger charge is -2.30. The van der Waals surface area contributed by atoms with Crippen molar-refractivity contribution in [3.8, 4) is 0 Å². The quantitative estimate of drug-likeness (QED) is 0.638. The smallest absolute Gasteiger partial charge is 0.0116 e. The van der Waals surface area contributed by atoms with Gasteiger partial charge in [0, 0.05) is 6.04 Å². The summed E-state index contributed by atoms with van der Waals surface area (Å²) < 4.78 is 0.